The predicted octanol–water partition coefficient (Wildman–Crippen LogP) is 2.48. The lowest BCUT2D eigenvalue weighted by Gasteiger charge is -2.07. The van der Waals surface area contributed by atoms with Crippen molar-refractivity contribution < 1.29 is 14.6 Å². The number of halogens is 1. The molecular formula is C11H9BrO3. The summed E-state index contributed by atoms with van der Waals surface area (Å²) in [4.78, 5) is 10.9. The van der Waals surface area contributed by atoms with Gasteiger partial charge in [0.1, 0.15) is 5.75 Å². The second-order valence-electron chi connectivity index (χ2n) is 3.27. The van der Waals surface area contributed by atoms with Gasteiger partial charge >= 0.3 is 5.97 Å². The summed E-state index contributed by atoms with van der Waals surface area (Å²) < 4.78 is 5.92. The van der Waals surface area contributed by atoms with Crippen LogP contribution in [-0.4, -0.2) is 18.2 Å². The quantitative estimate of drug-likeness (QED) is 0.897. The van der Waals surface area contributed by atoms with Gasteiger partial charge < -0.3 is 9.84 Å². The Labute approximate surface area is 95.5 Å². The molecule has 1 aromatic rings. The van der Waals surface area contributed by atoms with Crippen molar-refractivity contribution in [3.8, 4) is 5.75 Å². The summed E-state index contributed by atoms with van der Waals surface area (Å²) in [6, 6.07) is 3.66. The minimum atomic E-state index is -0.884. The zero-order valence-corrected chi connectivity index (χ0v) is 9.67. The van der Waals surface area contributed by atoms with E-state index in [-0.39, 0.29) is 0 Å². The molecule has 1 aliphatic carbocycles. The number of benzene rings is 1. The highest BCUT2D eigenvalue weighted by atomic mass is 79.9. The normalized spacial score (nSPS) is 13.3. The van der Waals surface area contributed by atoms with Gasteiger partial charge in [-0.3, -0.25) is 0 Å². The molecule has 1 aliphatic rings. The van der Waals surface area contributed by atoms with Crippen molar-refractivity contribution >= 4 is 27.5 Å². The summed E-state index contributed by atoms with van der Waals surface area (Å²) >= 11 is 3.34. The molecular weight excluding hydrogens is 260 g/mol. The van der Waals surface area contributed by atoms with Crippen LogP contribution in [0, 0.1) is 0 Å². The van der Waals surface area contributed by atoms with Crippen molar-refractivity contribution in [1.82, 2.24) is 0 Å². The molecule has 0 saturated carbocycles. The van der Waals surface area contributed by atoms with Crippen molar-refractivity contribution in [1.29, 1.82) is 0 Å². The first kappa shape index (κ1) is 10.2. The van der Waals surface area contributed by atoms with Crippen LogP contribution in [0.5, 0.6) is 5.75 Å². The first-order valence-corrected chi connectivity index (χ1v) is 5.23. The Morgan fingerprint density at radius 2 is 2.27 bits per heavy atom. The van der Waals surface area contributed by atoms with Gasteiger partial charge in [0.05, 0.1) is 17.2 Å². The minimum Gasteiger partial charge on any atom is -0.496 e. The molecule has 0 aliphatic heterocycles. The largest absolute Gasteiger partial charge is 0.496 e. The highest BCUT2D eigenvalue weighted by Gasteiger charge is 2.21. The number of fused-ring (bicyclic) bond motifs is 1. The molecule has 0 bridgehead atoms. The molecule has 0 aromatic heterocycles. The molecule has 0 unspecified atom stereocenters. The van der Waals surface area contributed by atoms with Gasteiger partial charge in [-0.2, -0.15) is 0 Å². The van der Waals surface area contributed by atoms with E-state index in [0.717, 1.165) is 21.3 Å². The Hall–Kier alpha value is -1.29. The van der Waals surface area contributed by atoms with Gasteiger partial charge in [0, 0.05) is 0 Å². The molecule has 2 rings (SSSR count). The average Bonchev–Trinajstić information content (AvgIpc) is 2.59. The maximum atomic E-state index is 10.9. The molecule has 0 radical (unpaired) electrons. The number of carbonyl (C=O) groups is 1. The summed E-state index contributed by atoms with van der Waals surface area (Å²) in [7, 11) is 1.59. The van der Waals surface area contributed by atoms with E-state index in [2.05, 4.69) is 15.9 Å². The van der Waals surface area contributed by atoms with Gasteiger partial charge in [-0.15, -0.1) is 0 Å². The topological polar surface area (TPSA) is 46.5 Å². The summed E-state index contributed by atoms with van der Waals surface area (Å²) in [5.74, 6) is -0.153. The summed E-state index contributed by atoms with van der Waals surface area (Å²) in [6.45, 7) is 0. The van der Waals surface area contributed by atoms with Crippen molar-refractivity contribution in [3.05, 3.63) is 33.8 Å². The SMILES string of the molecule is COc1cc2c(cc1Br)C(C(=O)O)=CC2. The first-order chi connectivity index (χ1) is 7.13. The van der Waals surface area contributed by atoms with Crippen molar-refractivity contribution in [2.75, 3.05) is 7.11 Å². The van der Waals surface area contributed by atoms with E-state index >= 15 is 0 Å². The molecule has 3 nitrogen and oxygen atoms in total. The van der Waals surface area contributed by atoms with Crippen LogP contribution in [0.25, 0.3) is 5.57 Å². The van der Waals surface area contributed by atoms with E-state index in [1.165, 1.54) is 0 Å². The van der Waals surface area contributed by atoms with Crippen LogP contribution < -0.4 is 4.74 Å². The smallest absolute Gasteiger partial charge is 0.335 e. The van der Waals surface area contributed by atoms with Gasteiger partial charge in [0.15, 0.2) is 0 Å². The lowest BCUT2D eigenvalue weighted by atomic mass is 10.1. The predicted molar refractivity (Wildman–Crippen MR) is 60.0 cm³/mol. The fraction of sp³-hybridized carbons (Fsp3) is 0.182. The van der Waals surface area contributed by atoms with Crippen LogP contribution in [0.1, 0.15) is 11.1 Å². The standard InChI is InChI=1S/C11H9BrO3/c1-15-10-4-6-2-3-7(11(13)14)8(6)5-9(10)12/h3-5H,2H2,1H3,(H,13,14). The molecule has 0 amide bonds. The third-order valence-electron chi connectivity index (χ3n) is 2.42. The van der Waals surface area contributed by atoms with Crippen LogP contribution in [-0.2, 0) is 11.2 Å². The maximum absolute atomic E-state index is 10.9. The number of carboxylic acids is 1. The maximum Gasteiger partial charge on any atom is 0.335 e. The van der Waals surface area contributed by atoms with E-state index in [9.17, 15) is 4.79 Å². The monoisotopic (exact) mass is 268 g/mol. The van der Waals surface area contributed by atoms with Crippen molar-refractivity contribution in [3.63, 3.8) is 0 Å². The molecule has 0 spiro atoms. The summed E-state index contributed by atoms with van der Waals surface area (Å²) in [5, 5.41) is 8.96. The van der Waals surface area contributed by atoms with Gasteiger partial charge in [0.2, 0.25) is 0 Å². The molecule has 0 atom stereocenters. The summed E-state index contributed by atoms with van der Waals surface area (Å²) in [6.07, 6.45) is 2.37. The lowest BCUT2D eigenvalue weighted by molar-refractivity contribution is -0.130. The number of hydrogen-bond donors (Lipinski definition) is 1. The third-order valence-corrected chi connectivity index (χ3v) is 3.04. The second-order valence-corrected chi connectivity index (χ2v) is 4.13. The van der Waals surface area contributed by atoms with E-state index in [0.29, 0.717) is 12.0 Å². The number of hydrogen-bond acceptors (Lipinski definition) is 2. The van der Waals surface area contributed by atoms with Crippen LogP contribution in [0.3, 0.4) is 0 Å². The molecule has 1 N–H and O–H groups in total. The Morgan fingerprint density at radius 3 is 2.87 bits per heavy atom. The zero-order valence-electron chi connectivity index (χ0n) is 8.08. The molecule has 15 heavy (non-hydrogen) atoms. The van der Waals surface area contributed by atoms with E-state index in [1.54, 1.807) is 19.3 Å². The number of allylic oxidation sites excluding steroid dienone is 1. The van der Waals surface area contributed by atoms with Crippen LogP contribution in [0.2, 0.25) is 0 Å². The van der Waals surface area contributed by atoms with Crippen LogP contribution in [0.15, 0.2) is 22.7 Å². The van der Waals surface area contributed by atoms with Gasteiger partial charge in [-0.1, -0.05) is 6.08 Å². The van der Waals surface area contributed by atoms with Crippen molar-refractivity contribution in [2.45, 2.75) is 6.42 Å². The fourth-order valence-electron chi connectivity index (χ4n) is 1.70. The number of methoxy groups -OCH3 is 1. The fourth-order valence-corrected chi connectivity index (χ4v) is 2.20. The molecule has 0 saturated heterocycles. The zero-order chi connectivity index (χ0) is 11.0. The van der Waals surface area contributed by atoms with Crippen LogP contribution >= 0.6 is 15.9 Å². The highest BCUT2D eigenvalue weighted by Crippen LogP contribution is 2.35. The second kappa shape index (κ2) is 3.70. The van der Waals surface area contributed by atoms with Gasteiger partial charge in [-0.05, 0) is 45.6 Å². The Kier molecular flexibility index (Phi) is 2.52. The van der Waals surface area contributed by atoms with Gasteiger partial charge in [0.25, 0.3) is 0 Å². The Balaban J connectivity index is 2.52. The van der Waals surface area contributed by atoms with E-state index in [4.69, 9.17) is 9.84 Å². The lowest BCUT2D eigenvalue weighted by Crippen LogP contribution is -1.98. The molecule has 78 valence electrons. The average molecular weight is 269 g/mol. The number of aliphatic carboxylic acids is 1. The number of carboxylic acid groups (broad SMARTS) is 1. The molecule has 0 fully saturated rings. The minimum absolute atomic E-state index is 0.369. The Morgan fingerprint density at radius 1 is 1.53 bits per heavy atom. The molecule has 1 aromatic carbocycles. The first-order valence-electron chi connectivity index (χ1n) is 4.43. The molecule has 4 heteroatoms. The molecule has 0 heterocycles. The number of ether oxygens (including phenoxy) is 1. The van der Waals surface area contributed by atoms with Gasteiger partial charge in [-0.25, -0.2) is 4.79 Å². The van der Waals surface area contributed by atoms with E-state index < -0.39 is 5.97 Å². The van der Waals surface area contributed by atoms with Crippen LogP contribution in [0.4, 0.5) is 0 Å². The third kappa shape index (κ3) is 1.65. The summed E-state index contributed by atoms with van der Waals surface area (Å²) in [5.41, 5.74) is 2.14. The highest BCUT2D eigenvalue weighted by molar-refractivity contribution is 9.10. The number of rotatable bonds is 2. The van der Waals surface area contributed by atoms with E-state index in [1.807, 2.05) is 6.07 Å². The van der Waals surface area contributed by atoms with Crippen molar-refractivity contribution in [2.24, 2.45) is 0 Å². The Bertz CT molecular complexity index is 463.